The summed E-state index contributed by atoms with van der Waals surface area (Å²) in [7, 11) is 0. The fraction of sp³-hybridized carbons (Fsp3) is 0.933. The van der Waals surface area contributed by atoms with Crippen LogP contribution in [0.3, 0.4) is 0 Å². The molecule has 1 amide bonds. The number of rotatable bonds is 6. The molecule has 1 aliphatic carbocycles. The van der Waals surface area contributed by atoms with Crippen molar-refractivity contribution in [3.63, 3.8) is 0 Å². The standard InChI is InChI=1S/C15H28N2O2.ClH/c1-12(13-10-16-11-13)15(18)17-8-9-19-14-6-4-2-3-5-7-14;/h12-14,16H,2-11H2,1H3,(H,17,18);1H. The second-order valence-electron chi connectivity index (χ2n) is 5.98. The molecular formula is C15H29ClN2O2. The molecule has 2 rings (SSSR count). The van der Waals surface area contributed by atoms with Gasteiger partial charge in [0.1, 0.15) is 0 Å². The van der Waals surface area contributed by atoms with E-state index in [-0.39, 0.29) is 24.2 Å². The first-order valence-corrected chi connectivity index (χ1v) is 7.87. The Bertz CT molecular complexity index is 277. The molecule has 20 heavy (non-hydrogen) atoms. The first kappa shape index (κ1) is 17.7. The Morgan fingerprint density at radius 1 is 1.25 bits per heavy atom. The summed E-state index contributed by atoms with van der Waals surface area (Å²) in [5.41, 5.74) is 0. The second-order valence-corrected chi connectivity index (χ2v) is 5.98. The monoisotopic (exact) mass is 304 g/mol. The molecule has 0 aromatic rings. The number of ether oxygens (including phenoxy) is 1. The third kappa shape index (κ3) is 5.58. The topological polar surface area (TPSA) is 50.4 Å². The SMILES string of the molecule is CC(C(=O)NCCOC1CCCCCC1)C1CNC1.Cl. The first-order valence-electron chi connectivity index (χ1n) is 7.87. The van der Waals surface area contributed by atoms with E-state index in [9.17, 15) is 4.79 Å². The van der Waals surface area contributed by atoms with Gasteiger partial charge in [-0.05, 0) is 31.8 Å². The molecule has 2 aliphatic rings. The van der Waals surface area contributed by atoms with Gasteiger partial charge in [-0.3, -0.25) is 4.79 Å². The highest BCUT2D eigenvalue weighted by molar-refractivity contribution is 5.85. The zero-order chi connectivity index (χ0) is 13.5. The molecule has 4 nitrogen and oxygen atoms in total. The highest BCUT2D eigenvalue weighted by atomic mass is 35.5. The zero-order valence-corrected chi connectivity index (χ0v) is 13.3. The van der Waals surface area contributed by atoms with Crippen molar-refractivity contribution in [2.75, 3.05) is 26.2 Å². The molecule has 118 valence electrons. The molecule has 0 aromatic carbocycles. The quantitative estimate of drug-likeness (QED) is 0.584. The fourth-order valence-electron chi connectivity index (χ4n) is 2.85. The van der Waals surface area contributed by atoms with Gasteiger partial charge in [-0.15, -0.1) is 12.4 Å². The van der Waals surface area contributed by atoms with E-state index < -0.39 is 0 Å². The fourth-order valence-corrected chi connectivity index (χ4v) is 2.85. The summed E-state index contributed by atoms with van der Waals surface area (Å²) in [6.45, 7) is 5.29. The van der Waals surface area contributed by atoms with Gasteiger partial charge in [-0.2, -0.15) is 0 Å². The van der Waals surface area contributed by atoms with Gasteiger partial charge in [0.15, 0.2) is 0 Å². The minimum absolute atomic E-state index is 0. The van der Waals surface area contributed by atoms with Crippen LogP contribution in [0.15, 0.2) is 0 Å². The Balaban J connectivity index is 0.00000200. The maximum atomic E-state index is 11.9. The van der Waals surface area contributed by atoms with E-state index in [2.05, 4.69) is 10.6 Å². The van der Waals surface area contributed by atoms with Crippen molar-refractivity contribution < 1.29 is 9.53 Å². The largest absolute Gasteiger partial charge is 0.376 e. The van der Waals surface area contributed by atoms with E-state index >= 15 is 0 Å². The Labute approximate surface area is 128 Å². The Hall–Kier alpha value is -0.320. The molecule has 0 radical (unpaired) electrons. The third-order valence-corrected chi connectivity index (χ3v) is 4.49. The van der Waals surface area contributed by atoms with Crippen molar-refractivity contribution in [1.82, 2.24) is 10.6 Å². The van der Waals surface area contributed by atoms with Gasteiger partial charge in [0.2, 0.25) is 5.91 Å². The lowest BCUT2D eigenvalue weighted by Gasteiger charge is -2.31. The number of hydrogen-bond donors (Lipinski definition) is 2. The van der Waals surface area contributed by atoms with Gasteiger partial charge < -0.3 is 15.4 Å². The maximum absolute atomic E-state index is 11.9. The van der Waals surface area contributed by atoms with E-state index in [1.54, 1.807) is 0 Å². The summed E-state index contributed by atoms with van der Waals surface area (Å²) in [6.07, 6.45) is 8.10. The van der Waals surface area contributed by atoms with Crippen molar-refractivity contribution >= 4 is 18.3 Å². The Morgan fingerprint density at radius 3 is 2.45 bits per heavy atom. The molecular weight excluding hydrogens is 276 g/mol. The number of hydrogen-bond acceptors (Lipinski definition) is 3. The average molecular weight is 305 g/mol. The Kier molecular flexibility index (Phi) is 8.50. The predicted octanol–water partition coefficient (Wildman–Crippen LogP) is 2.12. The second kappa shape index (κ2) is 9.59. The molecule has 1 atom stereocenters. The summed E-state index contributed by atoms with van der Waals surface area (Å²) < 4.78 is 5.87. The lowest BCUT2D eigenvalue weighted by Crippen LogP contribution is -2.49. The van der Waals surface area contributed by atoms with Gasteiger partial charge in [0, 0.05) is 12.5 Å². The van der Waals surface area contributed by atoms with Gasteiger partial charge in [0.05, 0.1) is 12.7 Å². The van der Waals surface area contributed by atoms with Crippen LogP contribution in [0.5, 0.6) is 0 Å². The highest BCUT2D eigenvalue weighted by Gasteiger charge is 2.28. The van der Waals surface area contributed by atoms with Crippen LogP contribution in [-0.4, -0.2) is 38.3 Å². The van der Waals surface area contributed by atoms with Crippen LogP contribution in [0, 0.1) is 11.8 Å². The molecule has 2 N–H and O–H groups in total. The summed E-state index contributed by atoms with van der Waals surface area (Å²) in [5.74, 6) is 0.817. The minimum Gasteiger partial charge on any atom is -0.376 e. The number of carbonyl (C=O) groups is 1. The van der Waals surface area contributed by atoms with E-state index in [0.717, 1.165) is 13.1 Å². The normalized spacial score (nSPS) is 22.2. The summed E-state index contributed by atoms with van der Waals surface area (Å²) in [6, 6.07) is 0. The van der Waals surface area contributed by atoms with E-state index in [4.69, 9.17) is 4.74 Å². The number of amides is 1. The molecule has 0 aromatic heterocycles. The van der Waals surface area contributed by atoms with Crippen LogP contribution in [0.25, 0.3) is 0 Å². The molecule has 0 bridgehead atoms. The van der Waals surface area contributed by atoms with Crippen LogP contribution in [-0.2, 0) is 9.53 Å². The molecule has 1 unspecified atom stereocenters. The molecule has 1 saturated carbocycles. The molecule has 2 fully saturated rings. The van der Waals surface area contributed by atoms with E-state index in [0.29, 0.717) is 25.2 Å². The van der Waals surface area contributed by atoms with Crippen LogP contribution < -0.4 is 10.6 Å². The van der Waals surface area contributed by atoms with Gasteiger partial charge in [-0.1, -0.05) is 32.6 Å². The van der Waals surface area contributed by atoms with Crippen LogP contribution >= 0.6 is 12.4 Å². The summed E-state index contributed by atoms with van der Waals surface area (Å²) in [4.78, 5) is 11.9. The third-order valence-electron chi connectivity index (χ3n) is 4.49. The zero-order valence-electron chi connectivity index (χ0n) is 12.5. The lowest BCUT2D eigenvalue weighted by atomic mass is 9.88. The van der Waals surface area contributed by atoms with Crippen molar-refractivity contribution in [3.8, 4) is 0 Å². The van der Waals surface area contributed by atoms with Gasteiger partial charge >= 0.3 is 0 Å². The van der Waals surface area contributed by atoms with Crippen molar-refractivity contribution in [1.29, 1.82) is 0 Å². The number of carbonyl (C=O) groups excluding carboxylic acids is 1. The summed E-state index contributed by atoms with van der Waals surface area (Å²) in [5, 5.41) is 6.20. The van der Waals surface area contributed by atoms with Gasteiger partial charge in [-0.25, -0.2) is 0 Å². The number of nitrogens with one attached hydrogen (secondary N) is 2. The predicted molar refractivity (Wildman–Crippen MR) is 83.2 cm³/mol. The molecule has 1 heterocycles. The van der Waals surface area contributed by atoms with E-state index in [1.165, 1.54) is 38.5 Å². The van der Waals surface area contributed by atoms with Crippen LogP contribution in [0.4, 0.5) is 0 Å². The lowest BCUT2D eigenvalue weighted by molar-refractivity contribution is -0.127. The van der Waals surface area contributed by atoms with Crippen molar-refractivity contribution in [3.05, 3.63) is 0 Å². The summed E-state index contributed by atoms with van der Waals surface area (Å²) >= 11 is 0. The smallest absolute Gasteiger partial charge is 0.223 e. The first-order chi connectivity index (χ1) is 9.27. The minimum atomic E-state index is 0. The van der Waals surface area contributed by atoms with Crippen LogP contribution in [0.1, 0.15) is 45.4 Å². The maximum Gasteiger partial charge on any atom is 0.223 e. The molecule has 5 heteroatoms. The molecule has 0 spiro atoms. The number of halogens is 1. The Morgan fingerprint density at radius 2 is 1.90 bits per heavy atom. The average Bonchev–Trinajstić information content (AvgIpc) is 2.60. The van der Waals surface area contributed by atoms with Crippen molar-refractivity contribution in [2.24, 2.45) is 11.8 Å². The molecule has 1 aliphatic heterocycles. The van der Waals surface area contributed by atoms with Crippen LogP contribution in [0.2, 0.25) is 0 Å². The van der Waals surface area contributed by atoms with E-state index in [1.807, 2.05) is 6.92 Å². The van der Waals surface area contributed by atoms with Gasteiger partial charge in [0.25, 0.3) is 0 Å². The van der Waals surface area contributed by atoms with Crippen molar-refractivity contribution in [2.45, 2.75) is 51.6 Å². The highest BCUT2D eigenvalue weighted by Crippen LogP contribution is 2.19. The molecule has 1 saturated heterocycles.